The van der Waals surface area contributed by atoms with E-state index in [9.17, 15) is 4.79 Å². The largest absolute Gasteiger partial charge is 0.396 e. The molecular formula is C8H7ClN2O. The number of hydrogen-bond acceptors (Lipinski definition) is 3. The molecule has 1 aromatic rings. The Balaban J connectivity index is 3.11. The van der Waals surface area contributed by atoms with Crippen molar-refractivity contribution in [3.05, 3.63) is 41.3 Å². The SMILES string of the molecule is C=C(N)C(=O)c1cccnc1Cl. The molecule has 0 atom stereocenters. The molecule has 0 bridgehead atoms. The average Bonchev–Trinajstić information content (AvgIpc) is 2.04. The van der Waals surface area contributed by atoms with Gasteiger partial charge in [0.25, 0.3) is 0 Å². The van der Waals surface area contributed by atoms with Crippen molar-refractivity contribution in [1.29, 1.82) is 0 Å². The van der Waals surface area contributed by atoms with Gasteiger partial charge in [-0.25, -0.2) is 4.98 Å². The van der Waals surface area contributed by atoms with Gasteiger partial charge in [0.05, 0.1) is 11.3 Å². The van der Waals surface area contributed by atoms with Crippen LogP contribution in [0.3, 0.4) is 0 Å². The van der Waals surface area contributed by atoms with E-state index in [1.165, 1.54) is 6.20 Å². The smallest absolute Gasteiger partial charge is 0.211 e. The lowest BCUT2D eigenvalue weighted by Crippen LogP contribution is -2.10. The highest BCUT2D eigenvalue weighted by Gasteiger charge is 2.10. The van der Waals surface area contributed by atoms with Crippen LogP contribution in [0, 0.1) is 0 Å². The van der Waals surface area contributed by atoms with Crippen LogP contribution in [0.1, 0.15) is 10.4 Å². The summed E-state index contributed by atoms with van der Waals surface area (Å²) < 4.78 is 0. The number of hydrogen-bond donors (Lipinski definition) is 1. The van der Waals surface area contributed by atoms with Crippen LogP contribution < -0.4 is 5.73 Å². The average molecular weight is 183 g/mol. The zero-order valence-electron chi connectivity index (χ0n) is 6.25. The summed E-state index contributed by atoms with van der Waals surface area (Å²) in [7, 11) is 0. The van der Waals surface area contributed by atoms with Crippen molar-refractivity contribution in [1.82, 2.24) is 4.98 Å². The van der Waals surface area contributed by atoms with Crippen LogP contribution in [0.5, 0.6) is 0 Å². The van der Waals surface area contributed by atoms with Gasteiger partial charge in [0.15, 0.2) is 0 Å². The van der Waals surface area contributed by atoms with E-state index < -0.39 is 0 Å². The molecule has 12 heavy (non-hydrogen) atoms. The number of nitrogens with zero attached hydrogens (tertiary/aromatic N) is 1. The summed E-state index contributed by atoms with van der Waals surface area (Å²) in [6.07, 6.45) is 1.50. The molecule has 0 fully saturated rings. The highest BCUT2D eigenvalue weighted by molar-refractivity contribution is 6.33. The van der Waals surface area contributed by atoms with Crippen molar-refractivity contribution in [3.8, 4) is 0 Å². The van der Waals surface area contributed by atoms with Gasteiger partial charge in [0.2, 0.25) is 5.78 Å². The third kappa shape index (κ3) is 1.62. The lowest BCUT2D eigenvalue weighted by molar-refractivity contribution is 0.103. The van der Waals surface area contributed by atoms with Gasteiger partial charge in [0.1, 0.15) is 5.15 Å². The van der Waals surface area contributed by atoms with Crippen molar-refractivity contribution in [2.75, 3.05) is 0 Å². The molecule has 0 radical (unpaired) electrons. The number of halogens is 1. The molecule has 0 saturated carbocycles. The first kappa shape index (κ1) is 8.74. The maximum Gasteiger partial charge on any atom is 0.211 e. The summed E-state index contributed by atoms with van der Waals surface area (Å²) in [5.74, 6) is -0.381. The Kier molecular flexibility index (Phi) is 2.45. The van der Waals surface area contributed by atoms with Gasteiger partial charge in [0, 0.05) is 6.20 Å². The number of rotatable bonds is 2. The molecule has 1 aromatic heterocycles. The highest BCUT2D eigenvalue weighted by atomic mass is 35.5. The van der Waals surface area contributed by atoms with Gasteiger partial charge in [-0.05, 0) is 12.1 Å². The molecule has 1 rings (SSSR count). The Morgan fingerprint density at radius 2 is 2.33 bits per heavy atom. The van der Waals surface area contributed by atoms with Gasteiger partial charge >= 0.3 is 0 Å². The minimum atomic E-state index is -0.381. The van der Waals surface area contributed by atoms with E-state index in [4.69, 9.17) is 17.3 Å². The van der Waals surface area contributed by atoms with Crippen LogP contribution in [0.15, 0.2) is 30.6 Å². The standard InChI is InChI=1S/C8H7ClN2O/c1-5(10)7(12)6-3-2-4-11-8(6)9/h2-4H,1,10H2. The fraction of sp³-hybridized carbons (Fsp3) is 0. The summed E-state index contributed by atoms with van der Waals surface area (Å²) in [4.78, 5) is 14.9. The van der Waals surface area contributed by atoms with Crippen molar-refractivity contribution in [3.63, 3.8) is 0 Å². The quantitative estimate of drug-likeness (QED) is 0.427. The van der Waals surface area contributed by atoms with Gasteiger partial charge in [-0.2, -0.15) is 0 Å². The second-order valence-electron chi connectivity index (χ2n) is 2.20. The number of carbonyl (C=O) groups excluding carboxylic acids is 1. The molecule has 0 aliphatic rings. The number of carbonyl (C=O) groups is 1. The Morgan fingerprint density at radius 3 is 2.83 bits per heavy atom. The molecule has 4 heteroatoms. The fourth-order valence-electron chi connectivity index (χ4n) is 0.728. The molecular weight excluding hydrogens is 176 g/mol. The molecule has 1 heterocycles. The Morgan fingerprint density at radius 1 is 1.67 bits per heavy atom. The summed E-state index contributed by atoms with van der Waals surface area (Å²) in [6, 6.07) is 3.16. The van der Waals surface area contributed by atoms with E-state index in [1.807, 2.05) is 0 Å². The van der Waals surface area contributed by atoms with Crippen molar-refractivity contribution >= 4 is 17.4 Å². The zero-order valence-corrected chi connectivity index (χ0v) is 7.01. The molecule has 0 unspecified atom stereocenters. The molecule has 3 nitrogen and oxygen atoms in total. The maximum atomic E-state index is 11.2. The first-order valence-electron chi connectivity index (χ1n) is 3.22. The Hall–Kier alpha value is -1.35. The normalized spacial score (nSPS) is 9.42. The van der Waals surface area contributed by atoms with E-state index in [-0.39, 0.29) is 22.2 Å². The lowest BCUT2D eigenvalue weighted by Gasteiger charge is -1.99. The predicted molar refractivity (Wildman–Crippen MR) is 46.9 cm³/mol. The van der Waals surface area contributed by atoms with E-state index in [1.54, 1.807) is 12.1 Å². The van der Waals surface area contributed by atoms with Crippen molar-refractivity contribution in [2.24, 2.45) is 5.73 Å². The summed E-state index contributed by atoms with van der Waals surface area (Å²) in [5.41, 5.74) is 5.45. The number of aromatic nitrogens is 1. The maximum absolute atomic E-state index is 11.2. The first-order chi connectivity index (χ1) is 5.63. The van der Waals surface area contributed by atoms with Crippen LogP contribution in [0.2, 0.25) is 5.15 Å². The molecule has 0 aliphatic heterocycles. The van der Waals surface area contributed by atoms with E-state index in [2.05, 4.69) is 11.6 Å². The fourth-order valence-corrected chi connectivity index (χ4v) is 0.934. The Bertz CT molecular complexity index is 336. The third-order valence-electron chi connectivity index (χ3n) is 1.30. The van der Waals surface area contributed by atoms with Gasteiger partial charge in [-0.15, -0.1) is 0 Å². The summed E-state index contributed by atoms with van der Waals surface area (Å²) in [5, 5.41) is 0.147. The van der Waals surface area contributed by atoms with E-state index in [0.717, 1.165) is 0 Å². The number of ketones is 1. The number of pyridine rings is 1. The number of nitrogens with two attached hydrogens (primary N) is 1. The third-order valence-corrected chi connectivity index (χ3v) is 1.60. The van der Waals surface area contributed by atoms with E-state index in [0.29, 0.717) is 0 Å². The van der Waals surface area contributed by atoms with Crippen LogP contribution >= 0.6 is 11.6 Å². The summed E-state index contributed by atoms with van der Waals surface area (Å²) >= 11 is 5.63. The molecule has 62 valence electrons. The Labute approximate surface area is 74.9 Å². The minimum Gasteiger partial charge on any atom is -0.396 e. The molecule has 0 aliphatic carbocycles. The van der Waals surface area contributed by atoms with Crippen molar-refractivity contribution < 1.29 is 4.79 Å². The van der Waals surface area contributed by atoms with Crippen LogP contribution in [-0.4, -0.2) is 10.8 Å². The molecule has 0 saturated heterocycles. The molecule has 0 aromatic carbocycles. The minimum absolute atomic E-state index is 0.0371. The van der Waals surface area contributed by atoms with Gasteiger partial charge in [-0.1, -0.05) is 18.2 Å². The molecule has 2 N–H and O–H groups in total. The monoisotopic (exact) mass is 182 g/mol. The van der Waals surface area contributed by atoms with E-state index >= 15 is 0 Å². The summed E-state index contributed by atoms with van der Waals surface area (Å²) in [6.45, 7) is 3.31. The zero-order chi connectivity index (χ0) is 9.14. The lowest BCUT2D eigenvalue weighted by atomic mass is 10.1. The second-order valence-corrected chi connectivity index (χ2v) is 2.55. The number of Topliss-reactive ketones (excluding diaryl/α,β-unsaturated/α-hetero) is 1. The first-order valence-corrected chi connectivity index (χ1v) is 3.60. The molecule has 0 amide bonds. The topological polar surface area (TPSA) is 56.0 Å². The number of allylic oxidation sites excluding steroid dienone is 1. The van der Waals surface area contributed by atoms with Crippen LogP contribution in [0.4, 0.5) is 0 Å². The van der Waals surface area contributed by atoms with Crippen LogP contribution in [0.25, 0.3) is 0 Å². The van der Waals surface area contributed by atoms with Gasteiger partial charge in [-0.3, -0.25) is 4.79 Å². The highest BCUT2D eigenvalue weighted by Crippen LogP contribution is 2.13. The van der Waals surface area contributed by atoms with Crippen molar-refractivity contribution in [2.45, 2.75) is 0 Å². The second kappa shape index (κ2) is 3.36. The van der Waals surface area contributed by atoms with Gasteiger partial charge < -0.3 is 5.73 Å². The predicted octanol–water partition coefficient (Wildman–Crippen LogP) is 1.39. The van der Waals surface area contributed by atoms with Crippen LogP contribution in [-0.2, 0) is 0 Å². The molecule has 0 spiro atoms.